The Morgan fingerprint density at radius 1 is 1.00 bits per heavy atom. The third-order valence-electron chi connectivity index (χ3n) is 3.31. The molecule has 0 aromatic rings. The van der Waals surface area contributed by atoms with Crippen LogP contribution in [-0.4, -0.2) is 0 Å². The molecule has 0 heteroatoms. The van der Waals surface area contributed by atoms with Crippen molar-refractivity contribution >= 4 is 0 Å². The molecule has 0 saturated carbocycles. The van der Waals surface area contributed by atoms with Gasteiger partial charge in [0.2, 0.25) is 0 Å². The van der Waals surface area contributed by atoms with Crippen molar-refractivity contribution in [2.45, 2.75) is 27.7 Å². The van der Waals surface area contributed by atoms with Crippen molar-refractivity contribution < 1.29 is 0 Å². The molecule has 2 rings (SSSR count). The molecule has 0 aromatic heterocycles. The summed E-state index contributed by atoms with van der Waals surface area (Å²) in [6, 6.07) is 0. The molecule has 0 radical (unpaired) electrons. The Kier molecular flexibility index (Phi) is 2.68. The normalized spacial score (nSPS) is 24.1. The Labute approximate surface area is 93.1 Å². The smallest absolute Gasteiger partial charge is 0.0237 e. The largest absolute Gasteiger partial charge is 0.0729 e. The number of fused-ring (bicyclic) bond motifs is 1. The molecule has 0 N–H and O–H groups in total. The first-order chi connectivity index (χ1) is 7.09. The summed E-state index contributed by atoms with van der Waals surface area (Å²) >= 11 is 0. The predicted molar refractivity (Wildman–Crippen MR) is 66.6 cm³/mol. The topological polar surface area (TPSA) is 0 Å². The van der Waals surface area contributed by atoms with Crippen molar-refractivity contribution in [1.29, 1.82) is 0 Å². The third-order valence-corrected chi connectivity index (χ3v) is 3.31. The van der Waals surface area contributed by atoms with E-state index >= 15 is 0 Å². The maximum atomic E-state index is 2.41. The van der Waals surface area contributed by atoms with Gasteiger partial charge in [0.05, 0.1) is 0 Å². The van der Waals surface area contributed by atoms with Crippen LogP contribution >= 0.6 is 0 Å². The van der Waals surface area contributed by atoms with E-state index in [1.54, 1.807) is 5.57 Å². The highest BCUT2D eigenvalue weighted by Crippen LogP contribution is 2.38. The Bertz CT molecular complexity index is 373. The van der Waals surface area contributed by atoms with Crippen LogP contribution in [0.3, 0.4) is 0 Å². The molecule has 0 nitrogen and oxygen atoms in total. The van der Waals surface area contributed by atoms with Gasteiger partial charge in [-0.15, -0.1) is 0 Å². The highest BCUT2D eigenvalue weighted by Gasteiger charge is 2.24. The molecule has 1 unspecified atom stereocenters. The summed E-state index contributed by atoms with van der Waals surface area (Å²) in [5.41, 5.74) is 4.52. The van der Waals surface area contributed by atoms with Crippen molar-refractivity contribution in [3.8, 4) is 0 Å². The second-order valence-corrected chi connectivity index (χ2v) is 5.13. The summed E-state index contributed by atoms with van der Waals surface area (Å²) in [6.07, 6.45) is 11.5. The quantitative estimate of drug-likeness (QED) is 0.624. The molecule has 0 aliphatic heterocycles. The van der Waals surface area contributed by atoms with E-state index in [4.69, 9.17) is 0 Å². The van der Waals surface area contributed by atoms with Gasteiger partial charge in [0.15, 0.2) is 0 Å². The lowest BCUT2D eigenvalue weighted by atomic mass is 9.79. The number of rotatable bonds is 2. The predicted octanol–water partition coefficient (Wildman–Crippen LogP) is 4.28. The third kappa shape index (κ3) is 1.86. The van der Waals surface area contributed by atoms with Gasteiger partial charge >= 0.3 is 0 Å². The van der Waals surface area contributed by atoms with Crippen molar-refractivity contribution in [1.82, 2.24) is 0 Å². The molecule has 80 valence electrons. The van der Waals surface area contributed by atoms with Gasteiger partial charge in [-0.25, -0.2) is 0 Å². The Morgan fingerprint density at radius 3 is 2.33 bits per heavy atom. The van der Waals surface area contributed by atoms with Crippen molar-refractivity contribution in [2.24, 2.45) is 17.8 Å². The lowest BCUT2D eigenvalue weighted by molar-refractivity contribution is 0.669. The average molecular weight is 200 g/mol. The molecule has 0 amide bonds. The number of hydrogen-bond donors (Lipinski definition) is 0. The van der Waals surface area contributed by atoms with Gasteiger partial charge in [0, 0.05) is 5.92 Å². The summed E-state index contributed by atoms with van der Waals surface area (Å²) in [6.45, 7) is 9.12. The number of hydrogen-bond acceptors (Lipinski definition) is 0. The van der Waals surface area contributed by atoms with E-state index in [1.165, 1.54) is 11.1 Å². The molecule has 0 aromatic carbocycles. The molecule has 0 fully saturated rings. The zero-order valence-electron chi connectivity index (χ0n) is 10.1. The fourth-order valence-corrected chi connectivity index (χ4v) is 2.31. The van der Waals surface area contributed by atoms with E-state index in [-0.39, 0.29) is 0 Å². The molecular weight excluding hydrogens is 180 g/mol. The van der Waals surface area contributed by atoms with E-state index in [0.29, 0.717) is 17.8 Å². The van der Waals surface area contributed by atoms with Gasteiger partial charge in [-0.1, -0.05) is 63.6 Å². The SMILES string of the molecule is CC(C)C1=CC2=CC=CC2C(C(C)C)=C1. The first-order valence-corrected chi connectivity index (χ1v) is 5.91. The van der Waals surface area contributed by atoms with E-state index < -0.39 is 0 Å². The summed E-state index contributed by atoms with van der Waals surface area (Å²) < 4.78 is 0. The molecular formula is C15H20. The van der Waals surface area contributed by atoms with Crippen LogP contribution in [0.15, 0.2) is 47.1 Å². The minimum Gasteiger partial charge on any atom is -0.0729 e. The van der Waals surface area contributed by atoms with Gasteiger partial charge in [0.25, 0.3) is 0 Å². The Morgan fingerprint density at radius 2 is 1.73 bits per heavy atom. The molecule has 0 spiro atoms. The van der Waals surface area contributed by atoms with E-state index in [2.05, 4.69) is 58.1 Å². The maximum absolute atomic E-state index is 2.41. The van der Waals surface area contributed by atoms with Crippen LogP contribution in [0, 0.1) is 17.8 Å². The first kappa shape index (κ1) is 10.5. The molecule has 0 saturated heterocycles. The number of allylic oxidation sites excluding steroid dienone is 8. The van der Waals surface area contributed by atoms with Gasteiger partial charge < -0.3 is 0 Å². The Hall–Kier alpha value is -1.04. The minimum absolute atomic E-state index is 0.562. The molecule has 1 atom stereocenters. The van der Waals surface area contributed by atoms with Crippen LogP contribution in [0.5, 0.6) is 0 Å². The van der Waals surface area contributed by atoms with Gasteiger partial charge in [0.1, 0.15) is 0 Å². The zero-order chi connectivity index (χ0) is 11.0. The lowest BCUT2D eigenvalue weighted by Crippen LogP contribution is -2.13. The maximum Gasteiger partial charge on any atom is 0.0237 e. The highest BCUT2D eigenvalue weighted by molar-refractivity contribution is 5.51. The van der Waals surface area contributed by atoms with Crippen LogP contribution in [-0.2, 0) is 0 Å². The fourth-order valence-electron chi connectivity index (χ4n) is 2.31. The summed E-state index contributed by atoms with van der Waals surface area (Å²) in [4.78, 5) is 0. The summed E-state index contributed by atoms with van der Waals surface area (Å²) in [7, 11) is 0. The van der Waals surface area contributed by atoms with Crippen molar-refractivity contribution in [3.05, 3.63) is 47.1 Å². The van der Waals surface area contributed by atoms with Crippen LogP contribution < -0.4 is 0 Å². The lowest BCUT2D eigenvalue weighted by Gasteiger charge is -2.26. The molecule has 15 heavy (non-hydrogen) atoms. The van der Waals surface area contributed by atoms with E-state index in [9.17, 15) is 0 Å². The average Bonchev–Trinajstić information content (AvgIpc) is 2.62. The minimum atomic E-state index is 0.562. The van der Waals surface area contributed by atoms with Crippen LogP contribution in [0.1, 0.15) is 27.7 Å². The standard InChI is InChI=1S/C15H20/c1-10(2)13-8-12-6-5-7-14(12)15(9-13)11(3)4/h5-11,14H,1-4H3. The van der Waals surface area contributed by atoms with E-state index in [0.717, 1.165) is 0 Å². The summed E-state index contributed by atoms with van der Waals surface area (Å²) in [5.74, 6) is 1.83. The van der Waals surface area contributed by atoms with Crippen molar-refractivity contribution in [2.75, 3.05) is 0 Å². The van der Waals surface area contributed by atoms with Crippen molar-refractivity contribution in [3.63, 3.8) is 0 Å². The molecule has 0 heterocycles. The second-order valence-electron chi connectivity index (χ2n) is 5.13. The highest BCUT2D eigenvalue weighted by atomic mass is 14.3. The van der Waals surface area contributed by atoms with Crippen LogP contribution in [0.4, 0.5) is 0 Å². The first-order valence-electron chi connectivity index (χ1n) is 5.91. The second kappa shape index (κ2) is 3.84. The van der Waals surface area contributed by atoms with Gasteiger partial charge in [-0.05, 0) is 23.0 Å². The fraction of sp³-hybridized carbons (Fsp3) is 0.467. The molecule has 2 aliphatic carbocycles. The van der Waals surface area contributed by atoms with Gasteiger partial charge in [-0.2, -0.15) is 0 Å². The van der Waals surface area contributed by atoms with E-state index in [1.807, 2.05) is 0 Å². The van der Waals surface area contributed by atoms with Crippen LogP contribution in [0.25, 0.3) is 0 Å². The zero-order valence-corrected chi connectivity index (χ0v) is 10.1. The Balaban J connectivity index is 2.40. The molecule has 0 bridgehead atoms. The van der Waals surface area contributed by atoms with Crippen LogP contribution in [0.2, 0.25) is 0 Å². The monoisotopic (exact) mass is 200 g/mol. The van der Waals surface area contributed by atoms with Gasteiger partial charge in [-0.3, -0.25) is 0 Å². The molecule has 2 aliphatic rings. The summed E-state index contributed by atoms with van der Waals surface area (Å²) in [5, 5.41) is 0.